The summed E-state index contributed by atoms with van der Waals surface area (Å²) in [6.07, 6.45) is 5.24. The van der Waals surface area contributed by atoms with Gasteiger partial charge in [0.15, 0.2) is 0 Å². The Morgan fingerprint density at radius 2 is 1.95 bits per heavy atom. The van der Waals surface area contributed by atoms with Crippen molar-refractivity contribution in [2.75, 3.05) is 33.9 Å². The van der Waals surface area contributed by atoms with Crippen molar-refractivity contribution in [2.24, 2.45) is 5.92 Å². The first-order valence-electron chi connectivity index (χ1n) is 7.84. The third-order valence-corrected chi connectivity index (χ3v) is 4.47. The van der Waals surface area contributed by atoms with Crippen LogP contribution in [0.15, 0.2) is 0 Å². The molecule has 0 saturated carbocycles. The highest BCUT2D eigenvalue weighted by Gasteiger charge is 2.34. The maximum absolute atomic E-state index is 12.2. The lowest BCUT2D eigenvalue weighted by Crippen LogP contribution is -2.42. The molecule has 2 N–H and O–H groups in total. The Morgan fingerprint density at radius 3 is 2.57 bits per heavy atom. The summed E-state index contributed by atoms with van der Waals surface area (Å²) in [5.41, 5.74) is 0. The van der Waals surface area contributed by atoms with Crippen LogP contribution in [0.5, 0.6) is 0 Å². The van der Waals surface area contributed by atoms with Crippen molar-refractivity contribution in [3.63, 3.8) is 0 Å². The van der Waals surface area contributed by atoms with Crippen LogP contribution in [-0.2, 0) is 14.3 Å². The van der Waals surface area contributed by atoms with Crippen molar-refractivity contribution in [3.8, 4) is 0 Å². The Kier molecular flexibility index (Phi) is 5.99. The SMILES string of the molecule is COCCNC(=O)CN(C)C(=O)CC1CC2CCC(C1)N2. The molecule has 2 unspecified atom stereocenters. The van der Waals surface area contributed by atoms with E-state index in [9.17, 15) is 9.59 Å². The van der Waals surface area contributed by atoms with Crippen LogP contribution in [0.25, 0.3) is 0 Å². The van der Waals surface area contributed by atoms with E-state index in [0.29, 0.717) is 37.6 Å². The molecular formula is C15H27N3O3. The van der Waals surface area contributed by atoms with Gasteiger partial charge < -0.3 is 20.3 Å². The van der Waals surface area contributed by atoms with Gasteiger partial charge in [0.05, 0.1) is 13.2 Å². The topological polar surface area (TPSA) is 70.7 Å². The molecule has 2 bridgehead atoms. The summed E-state index contributed by atoms with van der Waals surface area (Å²) >= 11 is 0. The molecule has 0 aromatic heterocycles. The van der Waals surface area contributed by atoms with Crippen LogP contribution in [0.2, 0.25) is 0 Å². The lowest BCUT2D eigenvalue weighted by Gasteiger charge is -2.29. The van der Waals surface area contributed by atoms with Gasteiger partial charge in [0, 0.05) is 39.2 Å². The summed E-state index contributed by atoms with van der Waals surface area (Å²) in [6.45, 7) is 1.09. The van der Waals surface area contributed by atoms with E-state index in [2.05, 4.69) is 10.6 Å². The van der Waals surface area contributed by atoms with Gasteiger partial charge in [-0.2, -0.15) is 0 Å². The zero-order valence-corrected chi connectivity index (χ0v) is 13.1. The molecule has 2 amide bonds. The summed E-state index contributed by atoms with van der Waals surface area (Å²) in [6, 6.07) is 1.20. The minimum absolute atomic E-state index is 0.0724. The van der Waals surface area contributed by atoms with Crippen molar-refractivity contribution >= 4 is 11.8 Å². The molecule has 120 valence electrons. The van der Waals surface area contributed by atoms with Gasteiger partial charge in [-0.05, 0) is 31.6 Å². The minimum Gasteiger partial charge on any atom is -0.383 e. The largest absolute Gasteiger partial charge is 0.383 e. The number of carbonyl (C=O) groups excluding carboxylic acids is 2. The molecule has 6 nitrogen and oxygen atoms in total. The normalized spacial score (nSPS) is 27.4. The van der Waals surface area contributed by atoms with Crippen LogP contribution in [0.4, 0.5) is 0 Å². The van der Waals surface area contributed by atoms with Gasteiger partial charge in [-0.1, -0.05) is 0 Å². The third-order valence-electron chi connectivity index (χ3n) is 4.47. The molecule has 2 fully saturated rings. The fourth-order valence-corrected chi connectivity index (χ4v) is 3.40. The lowest BCUT2D eigenvalue weighted by molar-refractivity contribution is -0.135. The number of amides is 2. The minimum atomic E-state index is -0.131. The van der Waals surface area contributed by atoms with E-state index in [-0.39, 0.29) is 18.4 Å². The maximum atomic E-state index is 12.2. The molecule has 0 aromatic carbocycles. The molecule has 0 radical (unpaired) electrons. The molecule has 2 aliphatic rings. The number of likely N-dealkylation sites (N-methyl/N-ethyl adjacent to an activating group) is 1. The molecule has 6 heteroatoms. The zero-order chi connectivity index (χ0) is 15.2. The molecule has 0 aliphatic carbocycles. The fraction of sp³-hybridized carbons (Fsp3) is 0.867. The predicted molar refractivity (Wildman–Crippen MR) is 79.8 cm³/mol. The van der Waals surface area contributed by atoms with Crippen LogP contribution < -0.4 is 10.6 Å². The molecular weight excluding hydrogens is 270 g/mol. The molecule has 0 spiro atoms. The van der Waals surface area contributed by atoms with Gasteiger partial charge in [-0.3, -0.25) is 9.59 Å². The number of nitrogens with one attached hydrogen (secondary N) is 2. The number of hydrogen-bond donors (Lipinski definition) is 2. The van der Waals surface area contributed by atoms with Gasteiger partial charge in [0.2, 0.25) is 11.8 Å². The molecule has 2 rings (SSSR count). The van der Waals surface area contributed by atoms with Gasteiger partial charge in [0.25, 0.3) is 0 Å². The lowest BCUT2D eigenvalue weighted by atomic mass is 9.89. The van der Waals surface area contributed by atoms with Crippen LogP contribution in [-0.4, -0.2) is 62.7 Å². The number of carbonyl (C=O) groups is 2. The highest BCUT2D eigenvalue weighted by molar-refractivity contribution is 5.84. The first kappa shape index (κ1) is 16.2. The number of ether oxygens (including phenoxy) is 1. The van der Waals surface area contributed by atoms with E-state index in [4.69, 9.17) is 4.74 Å². The van der Waals surface area contributed by atoms with E-state index in [0.717, 1.165) is 12.8 Å². The van der Waals surface area contributed by atoms with E-state index in [1.165, 1.54) is 17.7 Å². The summed E-state index contributed by atoms with van der Waals surface area (Å²) < 4.78 is 4.87. The second-order valence-corrected chi connectivity index (χ2v) is 6.27. The predicted octanol–water partition coefficient (Wildman–Crippen LogP) is 0.128. The number of nitrogens with zero attached hydrogens (tertiary/aromatic N) is 1. The summed E-state index contributed by atoms with van der Waals surface area (Å²) in [4.78, 5) is 25.4. The van der Waals surface area contributed by atoms with Crippen LogP contribution in [0.3, 0.4) is 0 Å². The fourth-order valence-electron chi connectivity index (χ4n) is 3.40. The molecule has 21 heavy (non-hydrogen) atoms. The maximum Gasteiger partial charge on any atom is 0.239 e. The van der Waals surface area contributed by atoms with Gasteiger partial charge in [-0.25, -0.2) is 0 Å². The summed E-state index contributed by atoms with van der Waals surface area (Å²) in [5.74, 6) is 0.409. The monoisotopic (exact) mass is 297 g/mol. The highest BCUT2D eigenvalue weighted by atomic mass is 16.5. The van der Waals surface area contributed by atoms with E-state index in [1.807, 2.05) is 0 Å². The molecule has 2 saturated heterocycles. The standard InChI is InChI=1S/C15H27N3O3/c1-18(10-14(19)16-5-6-21-2)15(20)9-11-7-12-3-4-13(8-11)17-12/h11-13,17H,3-10H2,1-2H3,(H,16,19). The molecule has 2 atom stereocenters. The van der Waals surface area contributed by atoms with Gasteiger partial charge in [0.1, 0.15) is 0 Å². The third kappa shape index (κ3) is 4.97. The molecule has 2 heterocycles. The van der Waals surface area contributed by atoms with E-state index >= 15 is 0 Å². The smallest absolute Gasteiger partial charge is 0.239 e. The molecule has 2 aliphatic heterocycles. The van der Waals surface area contributed by atoms with E-state index in [1.54, 1.807) is 14.2 Å². The van der Waals surface area contributed by atoms with Crippen LogP contribution in [0.1, 0.15) is 32.1 Å². The van der Waals surface area contributed by atoms with Crippen molar-refractivity contribution < 1.29 is 14.3 Å². The quantitative estimate of drug-likeness (QED) is 0.655. The van der Waals surface area contributed by atoms with Crippen molar-refractivity contribution in [2.45, 2.75) is 44.2 Å². The number of fused-ring (bicyclic) bond motifs is 2. The Morgan fingerprint density at radius 1 is 1.29 bits per heavy atom. The number of hydrogen-bond acceptors (Lipinski definition) is 4. The summed E-state index contributed by atoms with van der Waals surface area (Å²) in [7, 11) is 3.29. The zero-order valence-electron chi connectivity index (χ0n) is 13.1. The van der Waals surface area contributed by atoms with Crippen molar-refractivity contribution in [1.29, 1.82) is 0 Å². The Hall–Kier alpha value is -1.14. The first-order chi connectivity index (χ1) is 10.1. The van der Waals surface area contributed by atoms with Crippen LogP contribution >= 0.6 is 0 Å². The highest BCUT2D eigenvalue weighted by Crippen LogP contribution is 2.32. The van der Waals surface area contributed by atoms with Crippen molar-refractivity contribution in [1.82, 2.24) is 15.5 Å². The number of piperidine rings is 1. The van der Waals surface area contributed by atoms with E-state index < -0.39 is 0 Å². The number of methoxy groups -OCH3 is 1. The molecule has 0 aromatic rings. The van der Waals surface area contributed by atoms with Gasteiger partial charge >= 0.3 is 0 Å². The second-order valence-electron chi connectivity index (χ2n) is 6.27. The second kappa shape index (κ2) is 7.75. The summed E-state index contributed by atoms with van der Waals surface area (Å²) in [5, 5.41) is 6.31. The van der Waals surface area contributed by atoms with Gasteiger partial charge in [-0.15, -0.1) is 0 Å². The Bertz CT molecular complexity index is 363. The Balaban J connectivity index is 1.68. The van der Waals surface area contributed by atoms with Crippen LogP contribution in [0, 0.1) is 5.92 Å². The van der Waals surface area contributed by atoms with Crippen molar-refractivity contribution in [3.05, 3.63) is 0 Å². The average Bonchev–Trinajstić information content (AvgIpc) is 2.78. The Labute approximate surface area is 126 Å². The number of rotatable bonds is 7. The average molecular weight is 297 g/mol. The first-order valence-corrected chi connectivity index (χ1v) is 7.84.